The Morgan fingerprint density at radius 1 is 1.17 bits per heavy atom. The SMILES string of the molecule is O=C(C1CC1)N1CCc2nc([C@@H]3CCCCN3C(=O)c3cccs3)[nH]c(=O)c2C1. The van der Waals surface area contributed by atoms with Crippen LogP contribution in [0.3, 0.4) is 0 Å². The molecule has 1 N–H and O–H groups in total. The van der Waals surface area contributed by atoms with Gasteiger partial charge in [-0.15, -0.1) is 11.3 Å². The number of rotatable bonds is 3. The van der Waals surface area contributed by atoms with Crippen molar-refractivity contribution in [2.45, 2.75) is 51.1 Å². The first-order chi connectivity index (χ1) is 14.1. The Morgan fingerprint density at radius 2 is 2.03 bits per heavy atom. The van der Waals surface area contributed by atoms with Crippen LogP contribution in [0.4, 0.5) is 0 Å². The van der Waals surface area contributed by atoms with E-state index in [2.05, 4.69) is 4.98 Å². The van der Waals surface area contributed by atoms with Gasteiger partial charge in [-0.1, -0.05) is 6.07 Å². The summed E-state index contributed by atoms with van der Waals surface area (Å²) in [5.74, 6) is 0.910. The van der Waals surface area contributed by atoms with E-state index in [0.717, 1.165) is 37.8 Å². The van der Waals surface area contributed by atoms with Crippen molar-refractivity contribution in [1.82, 2.24) is 19.8 Å². The summed E-state index contributed by atoms with van der Waals surface area (Å²) in [4.78, 5) is 50.3. The van der Waals surface area contributed by atoms with Crippen molar-refractivity contribution >= 4 is 23.2 Å². The fraction of sp³-hybridized carbons (Fsp3) is 0.524. The smallest absolute Gasteiger partial charge is 0.264 e. The first-order valence-corrected chi connectivity index (χ1v) is 11.2. The minimum absolute atomic E-state index is 0.00581. The van der Waals surface area contributed by atoms with E-state index < -0.39 is 0 Å². The zero-order valence-corrected chi connectivity index (χ0v) is 17.0. The van der Waals surface area contributed by atoms with E-state index in [1.54, 1.807) is 4.90 Å². The highest BCUT2D eigenvalue weighted by Gasteiger charge is 2.36. The lowest BCUT2D eigenvalue weighted by molar-refractivity contribution is -0.133. The third-order valence-corrected chi connectivity index (χ3v) is 6.99. The first-order valence-electron chi connectivity index (χ1n) is 10.4. The van der Waals surface area contributed by atoms with Crippen LogP contribution in [0, 0.1) is 5.92 Å². The Labute approximate surface area is 172 Å². The van der Waals surface area contributed by atoms with Gasteiger partial charge in [-0.2, -0.15) is 0 Å². The number of nitrogens with one attached hydrogen (secondary N) is 1. The van der Waals surface area contributed by atoms with Gasteiger partial charge >= 0.3 is 0 Å². The average molecular weight is 413 g/mol. The summed E-state index contributed by atoms with van der Waals surface area (Å²) < 4.78 is 0. The van der Waals surface area contributed by atoms with Crippen LogP contribution in [0.15, 0.2) is 22.3 Å². The number of hydrogen-bond donors (Lipinski definition) is 1. The number of thiophene rings is 1. The summed E-state index contributed by atoms with van der Waals surface area (Å²) in [6.45, 7) is 1.63. The molecular formula is C21H24N4O3S. The molecule has 7 nitrogen and oxygen atoms in total. The van der Waals surface area contributed by atoms with Crippen LogP contribution in [0.2, 0.25) is 0 Å². The van der Waals surface area contributed by atoms with E-state index in [1.807, 2.05) is 22.4 Å². The van der Waals surface area contributed by atoms with Crippen molar-refractivity contribution in [2.24, 2.45) is 5.92 Å². The van der Waals surface area contributed by atoms with Crippen molar-refractivity contribution < 1.29 is 9.59 Å². The van der Waals surface area contributed by atoms with Crippen LogP contribution >= 0.6 is 11.3 Å². The van der Waals surface area contributed by atoms with Crippen LogP contribution in [-0.2, 0) is 17.8 Å². The number of carbonyl (C=O) groups is 2. The van der Waals surface area contributed by atoms with Crippen LogP contribution in [0.1, 0.15) is 64.9 Å². The lowest BCUT2D eigenvalue weighted by Gasteiger charge is -2.35. The molecule has 152 valence electrons. The Kier molecular flexibility index (Phi) is 4.73. The maximum absolute atomic E-state index is 13.0. The monoisotopic (exact) mass is 412 g/mol. The van der Waals surface area contributed by atoms with Crippen LogP contribution < -0.4 is 5.56 Å². The van der Waals surface area contributed by atoms with E-state index in [9.17, 15) is 14.4 Å². The average Bonchev–Trinajstić information content (AvgIpc) is 3.46. The predicted octanol–water partition coefficient (Wildman–Crippen LogP) is 2.49. The van der Waals surface area contributed by atoms with E-state index in [1.165, 1.54) is 11.3 Å². The number of piperidine rings is 1. The maximum Gasteiger partial charge on any atom is 0.264 e. The van der Waals surface area contributed by atoms with Gasteiger partial charge in [0, 0.05) is 25.4 Å². The van der Waals surface area contributed by atoms with Crippen LogP contribution in [0.5, 0.6) is 0 Å². The number of hydrogen-bond acceptors (Lipinski definition) is 5. The number of H-pyrrole nitrogens is 1. The van der Waals surface area contributed by atoms with E-state index in [4.69, 9.17) is 4.98 Å². The molecule has 0 bridgehead atoms. The fourth-order valence-corrected chi connectivity index (χ4v) is 5.06. The Balaban J connectivity index is 1.42. The Morgan fingerprint density at radius 3 is 2.79 bits per heavy atom. The molecule has 1 atom stereocenters. The maximum atomic E-state index is 13.0. The van der Waals surface area contributed by atoms with Gasteiger partial charge in [-0.25, -0.2) is 4.98 Å². The molecule has 0 unspecified atom stereocenters. The zero-order valence-electron chi connectivity index (χ0n) is 16.2. The standard InChI is InChI=1S/C21H24N4O3S/c26-19-14-12-24(20(27)13-6-7-13)10-8-15(14)22-18(23-19)16-4-1-2-9-25(16)21(28)17-5-3-11-29-17/h3,5,11,13,16H,1-2,4,6-10,12H2,(H,22,23,26)/t16-/m0/s1. The molecule has 2 fully saturated rings. The zero-order chi connectivity index (χ0) is 20.0. The van der Waals surface area contributed by atoms with Gasteiger partial charge in [0.05, 0.1) is 28.7 Å². The molecule has 2 aromatic heterocycles. The van der Waals surface area contributed by atoms with Crippen molar-refractivity contribution in [1.29, 1.82) is 0 Å². The van der Waals surface area contributed by atoms with Gasteiger partial charge in [-0.05, 0) is 43.6 Å². The highest BCUT2D eigenvalue weighted by atomic mass is 32.1. The molecule has 0 radical (unpaired) electrons. The van der Waals surface area contributed by atoms with Crippen molar-refractivity contribution in [3.63, 3.8) is 0 Å². The molecule has 1 aliphatic carbocycles. The molecule has 3 aliphatic rings. The van der Waals surface area contributed by atoms with Gasteiger partial charge in [0.25, 0.3) is 11.5 Å². The highest BCUT2D eigenvalue weighted by molar-refractivity contribution is 7.12. The van der Waals surface area contributed by atoms with Gasteiger partial charge < -0.3 is 14.8 Å². The number of carbonyl (C=O) groups excluding carboxylic acids is 2. The second kappa shape index (κ2) is 7.40. The number of aromatic nitrogens is 2. The van der Waals surface area contributed by atoms with E-state index in [0.29, 0.717) is 42.3 Å². The van der Waals surface area contributed by atoms with Crippen molar-refractivity contribution in [2.75, 3.05) is 13.1 Å². The highest BCUT2D eigenvalue weighted by Crippen LogP contribution is 2.33. The summed E-state index contributed by atoms with van der Waals surface area (Å²) in [5.41, 5.74) is 1.20. The molecule has 2 amide bonds. The second-order valence-electron chi connectivity index (χ2n) is 8.15. The van der Waals surface area contributed by atoms with Gasteiger partial charge in [0.1, 0.15) is 5.82 Å². The molecule has 0 spiro atoms. The summed E-state index contributed by atoms with van der Waals surface area (Å²) in [7, 11) is 0. The molecular weight excluding hydrogens is 388 g/mol. The van der Waals surface area contributed by atoms with Gasteiger partial charge in [-0.3, -0.25) is 14.4 Å². The third kappa shape index (κ3) is 3.50. The quantitative estimate of drug-likeness (QED) is 0.839. The third-order valence-electron chi connectivity index (χ3n) is 6.14. The first kappa shape index (κ1) is 18.5. The number of aromatic amines is 1. The second-order valence-corrected chi connectivity index (χ2v) is 9.10. The number of fused-ring (bicyclic) bond motifs is 1. The van der Waals surface area contributed by atoms with Gasteiger partial charge in [0.15, 0.2) is 0 Å². The molecule has 1 saturated heterocycles. The van der Waals surface area contributed by atoms with Gasteiger partial charge in [0.2, 0.25) is 5.91 Å². The van der Waals surface area contributed by atoms with Crippen molar-refractivity contribution in [3.8, 4) is 0 Å². The molecule has 8 heteroatoms. The molecule has 2 aliphatic heterocycles. The lowest BCUT2D eigenvalue weighted by atomic mass is 10.00. The van der Waals surface area contributed by atoms with Crippen LogP contribution in [0.25, 0.3) is 0 Å². The topological polar surface area (TPSA) is 86.4 Å². The Hall–Kier alpha value is -2.48. The summed E-state index contributed by atoms with van der Waals surface area (Å²) >= 11 is 1.44. The summed E-state index contributed by atoms with van der Waals surface area (Å²) in [5, 5.41) is 1.90. The van der Waals surface area contributed by atoms with Crippen LogP contribution in [-0.4, -0.2) is 44.7 Å². The number of nitrogens with zero attached hydrogens (tertiary/aromatic N) is 3. The Bertz CT molecular complexity index is 996. The van der Waals surface area contributed by atoms with Crippen molar-refractivity contribution in [3.05, 3.63) is 49.8 Å². The normalized spacial score (nSPS) is 21.7. The minimum Gasteiger partial charge on any atom is -0.337 e. The lowest BCUT2D eigenvalue weighted by Crippen LogP contribution is -2.42. The molecule has 4 heterocycles. The largest absolute Gasteiger partial charge is 0.337 e. The minimum atomic E-state index is -0.206. The van der Waals surface area contributed by atoms with E-state index in [-0.39, 0.29) is 29.3 Å². The molecule has 2 aromatic rings. The number of amides is 2. The summed E-state index contributed by atoms with van der Waals surface area (Å²) in [6, 6.07) is 3.51. The molecule has 5 rings (SSSR count). The molecule has 0 aromatic carbocycles. The molecule has 29 heavy (non-hydrogen) atoms. The fourth-order valence-electron chi connectivity index (χ4n) is 4.38. The number of likely N-dealkylation sites (tertiary alicyclic amines) is 1. The molecule has 1 saturated carbocycles. The summed E-state index contributed by atoms with van der Waals surface area (Å²) in [6.07, 6.45) is 5.28. The van der Waals surface area contributed by atoms with E-state index >= 15 is 0 Å². The predicted molar refractivity (Wildman–Crippen MR) is 109 cm³/mol.